The van der Waals surface area contributed by atoms with E-state index in [9.17, 15) is 0 Å². The lowest BCUT2D eigenvalue weighted by atomic mass is 9.93. The van der Waals surface area contributed by atoms with Gasteiger partial charge in [0.05, 0.1) is 0 Å². The molecule has 0 bridgehead atoms. The molecule has 0 aliphatic rings. The fraction of sp³-hybridized carbons (Fsp3) is 0.818. The second-order valence-corrected chi connectivity index (χ2v) is 5.22. The van der Waals surface area contributed by atoms with E-state index in [1.165, 1.54) is 29.3 Å². The van der Waals surface area contributed by atoms with Crippen LogP contribution >= 0.6 is 22.6 Å². The molecule has 0 aromatic carbocycles. The molecule has 72 valence electrons. The van der Waals surface area contributed by atoms with E-state index in [0.717, 1.165) is 5.92 Å². The van der Waals surface area contributed by atoms with E-state index in [1.54, 1.807) is 0 Å². The van der Waals surface area contributed by atoms with Crippen molar-refractivity contribution in [2.45, 2.75) is 46.5 Å². The highest BCUT2D eigenvalue weighted by Crippen LogP contribution is 2.25. The minimum absolute atomic E-state index is 0.692. The lowest BCUT2D eigenvalue weighted by Gasteiger charge is -2.15. The summed E-state index contributed by atoms with van der Waals surface area (Å²) >= 11 is 2.35. The van der Waals surface area contributed by atoms with Gasteiger partial charge in [-0.2, -0.15) is 0 Å². The van der Waals surface area contributed by atoms with Crippen LogP contribution in [0.3, 0.4) is 0 Å². The molecule has 12 heavy (non-hydrogen) atoms. The van der Waals surface area contributed by atoms with Crippen molar-refractivity contribution in [3.63, 3.8) is 0 Å². The van der Waals surface area contributed by atoms with Crippen molar-refractivity contribution in [2.24, 2.45) is 11.8 Å². The average molecular weight is 280 g/mol. The molecule has 0 heterocycles. The molecule has 0 unspecified atom stereocenters. The Kier molecular flexibility index (Phi) is 7.20. The molecule has 0 rings (SSSR count). The van der Waals surface area contributed by atoms with Crippen LogP contribution in [0.5, 0.6) is 0 Å². The second-order valence-electron chi connectivity index (χ2n) is 3.83. The molecule has 0 aliphatic carbocycles. The van der Waals surface area contributed by atoms with Crippen LogP contribution in [0, 0.1) is 11.8 Å². The highest BCUT2D eigenvalue weighted by molar-refractivity contribution is 14.1. The highest BCUT2D eigenvalue weighted by Gasteiger charge is 2.09. The summed E-state index contributed by atoms with van der Waals surface area (Å²) < 4.78 is 1.30. The minimum atomic E-state index is 0.692. The molecule has 0 N–H and O–H groups in total. The first-order valence-corrected chi connectivity index (χ1v) is 6.00. The first-order chi connectivity index (χ1) is 5.57. The van der Waals surface area contributed by atoms with Crippen molar-refractivity contribution in [2.75, 3.05) is 0 Å². The zero-order valence-electron chi connectivity index (χ0n) is 8.57. The van der Waals surface area contributed by atoms with Crippen LogP contribution in [0.25, 0.3) is 0 Å². The zero-order chi connectivity index (χ0) is 9.56. The predicted octanol–water partition coefficient (Wildman–Crippen LogP) is 4.79. The molecule has 0 aliphatic heterocycles. The molecule has 0 aromatic heterocycles. The predicted molar refractivity (Wildman–Crippen MR) is 65.6 cm³/mol. The van der Waals surface area contributed by atoms with Crippen LogP contribution in [0.15, 0.2) is 10.2 Å². The second kappa shape index (κ2) is 6.93. The average Bonchev–Trinajstić information content (AvgIpc) is 2.00. The molecule has 0 amide bonds. The van der Waals surface area contributed by atoms with E-state index in [2.05, 4.69) is 49.9 Å². The first kappa shape index (κ1) is 12.5. The maximum atomic E-state index is 3.98. The van der Waals surface area contributed by atoms with Gasteiger partial charge in [0.2, 0.25) is 0 Å². The third-order valence-electron chi connectivity index (χ3n) is 2.34. The van der Waals surface area contributed by atoms with E-state index >= 15 is 0 Å². The summed E-state index contributed by atoms with van der Waals surface area (Å²) in [6.07, 6.45) is 5.39. The summed E-state index contributed by atoms with van der Waals surface area (Å²) in [4.78, 5) is 0. The van der Waals surface area contributed by atoms with Gasteiger partial charge in [0.25, 0.3) is 0 Å². The topological polar surface area (TPSA) is 0 Å². The summed E-state index contributed by atoms with van der Waals surface area (Å²) in [5.74, 6) is 1.56. The Hall–Kier alpha value is 0.470. The van der Waals surface area contributed by atoms with Crippen LogP contribution in [0.4, 0.5) is 0 Å². The van der Waals surface area contributed by atoms with Gasteiger partial charge in [-0.05, 0) is 44.4 Å². The van der Waals surface area contributed by atoms with Gasteiger partial charge in [-0.1, -0.05) is 46.6 Å². The maximum Gasteiger partial charge on any atom is -0.0136 e. The Morgan fingerprint density at radius 1 is 1.42 bits per heavy atom. The molecule has 0 saturated heterocycles. The Labute approximate surface area is 91.0 Å². The fourth-order valence-electron chi connectivity index (χ4n) is 1.40. The summed E-state index contributed by atoms with van der Waals surface area (Å²) in [5.41, 5.74) is 0. The third kappa shape index (κ3) is 6.04. The SMILES string of the molecule is C=C(I)[C@H](C)C[C@H](C)CCCC. The smallest absolute Gasteiger partial charge is 0.0136 e. The Balaban J connectivity index is 3.53. The van der Waals surface area contributed by atoms with Gasteiger partial charge in [-0.15, -0.1) is 0 Å². The number of allylic oxidation sites excluding steroid dienone is 1. The fourth-order valence-corrected chi connectivity index (χ4v) is 1.66. The van der Waals surface area contributed by atoms with Gasteiger partial charge < -0.3 is 0 Å². The van der Waals surface area contributed by atoms with Crippen LogP contribution in [0.2, 0.25) is 0 Å². The quantitative estimate of drug-likeness (QED) is 0.614. The molecular formula is C11H21I. The molecule has 0 fully saturated rings. The molecule has 0 saturated carbocycles. The number of hydrogen-bond donors (Lipinski definition) is 0. The van der Waals surface area contributed by atoms with Crippen molar-refractivity contribution in [3.05, 3.63) is 10.2 Å². The molecule has 0 spiro atoms. The van der Waals surface area contributed by atoms with Crippen molar-refractivity contribution < 1.29 is 0 Å². The molecule has 1 heteroatoms. The lowest BCUT2D eigenvalue weighted by molar-refractivity contribution is 0.424. The standard InChI is InChI=1S/C11H21I/c1-5-6-7-9(2)8-10(3)11(4)12/h9-10H,4-8H2,1-3H3/t9-,10-/m1/s1. The molecule has 2 atom stereocenters. The van der Waals surface area contributed by atoms with E-state index in [4.69, 9.17) is 0 Å². The van der Waals surface area contributed by atoms with Gasteiger partial charge >= 0.3 is 0 Å². The van der Waals surface area contributed by atoms with Crippen LogP contribution in [0.1, 0.15) is 46.5 Å². The van der Waals surface area contributed by atoms with Gasteiger partial charge in [0.1, 0.15) is 0 Å². The number of halogens is 1. The zero-order valence-corrected chi connectivity index (χ0v) is 10.7. The van der Waals surface area contributed by atoms with Crippen LogP contribution < -0.4 is 0 Å². The van der Waals surface area contributed by atoms with Crippen molar-refractivity contribution >= 4 is 22.6 Å². The lowest BCUT2D eigenvalue weighted by Crippen LogP contribution is -2.02. The normalized spacial score (nSPS) is 15.7. The van der Waals surface area contributed by atoms with E-state index in [1.807, 2.05) is 0 Å². The molecular weight excluding hydrogens is 259 g/mol. The number of unbranched alkanes of at least 4 members (excludes halogenated alkanes) is 1. The summed E-state index contributed by atoms with van der Waals surface area (Å²) in [6.45, 7) is 10.9. The van der Waals surface area contributed by atoms with Crippen molar-refractivity contribution in [1.29, 1.82) is 0 Å². The number of hydrogen-bond acceptors (Lipinski definition) is 0. The van der Waals surface area contributed by atoms with Gasteiger partial charge in [0, 0.05) is 0 Å². The third-order valence-corrected chi connectivity index (χ3v) is 3.40. The molecule has 0 aromatic rings. The summed E-state index contributed by atoms with van der Waals surface area (Å²) in [5, 5.41) is 0. The van der Waals surface area contributed by atoms with E-state index in [0.29, 0.717) is 5.92 Å². The Morgan fingerprint density at radius 2 is 2.00 bits per heavy atom. The largest absolute Gasteiger partial charge is 0.0894 e. The van der Waals surface area contributed by atoms with Crippen LogP contribution in [-0.4, -0.2) is 0 Å². The van der Waals surface area contributed by atoms with Crippen molar-refractivity contribution in [3.8, 4) is 0 Å². The van der Waals surface area contributed by atoms with Crippen molar-refractivity contribution in [1.82, 2.24) is 0 Å². The first-order valence-electron chi connectivity index (χ1n) is 4.92. The number of rotatable bonds is 6. The van der Waals surface area contributed by atoms with E-state index < -0.39 is 0 Å². The molecule has 0 nitrogen and oxygen atoms in total. The summed E-state index contributed by atoms with van der Waals surface area (Å²) in [7, 11) is 0. The molecule has 0 radical (unpaired) electrons. The maximum absolute atomic E-state index is 3.98. The Bertz CT molecular complexity index is 129. The van der Waals surface area contributed by atoms with Gasteiger partial charge in [-0.25, -0.2) is 0 Å². The highest BCUT2D eigenvalue weighted by atomic mass is 127. The summed E-state index contributed by atoms with van der Waals surface area (Å²) in [6, 6.07) is 0. The van der Waals surface area contributed by atoms with E-state index in [-0.39, 0.29) is 0 Å². The van der Waals surface area contributed by atoms with Crippen LogP contribution in [-0.2, 0) is 0 Å². The van der Waals surface area contributed by atoms with Gasteiger partial charge in [-0.3, -0.25) is 0 Å². The van der Waals surface area contributed by atoms with Gasteiger partial charge in [0.15, 0.2) is 0 Å². The Morgan fingerprint density at radius 3 is 2.42 bits per heavy atom. The minimum Gasteiger partial charge on any atom is -0.0894 e. The monoisotopic (exact) mass is 280 g/mol.